The summed E-state index contributed by atoms with van der Waals surface area (Å²) < 4.78 is 55.2. The minimum atomic E-state index is -4.03. The molecule has 11 heteroatoms. The van der Waals surface area contributed by atoms with E-state index in [2.05, 4.69) is 4.72 Å². The summed E-state index contributed by atoms with van der Waals surface area (Å²) in [5, 5.41) is 11.1. The van der Waals surface area contributed by atoms with Gasteiger partial charge in [0, 0.05) is 26.7 Å². The number of carboxylic acid groups (broad SMARTS) is 1. The molecule has 1 atom stereocenters. The van der Waals surface area contributed by atoms with Crippen LogP contribution in [0.25, 0.3) is 20.2 Å². The van der Waals surface area contributed by atoms with Gasteiger partial charge in [-0.3, -0.25) is 9.10 Å². The Hall–Kier alpha value is -2.21. The van der Waals surface area contributed by atoms with Crippen LogP contribution in [0.2, 0.25) is 0 Å². The second-order valence-electron chi connectivity index (χ2n) is 7.86. The number of thiophene rings is 1. The third kappa shape index (κ3) is 4.02. The topological polar surface area (TPSA) is 121 Å². The number of anilines is 1. The fourth-order valence-electron chi connectivity index (χ4n) is 3.70. The largest absolute Gasteiger partial charge is 0.480 e. The van der Waals surface area contributed by atoms with Crippen LogP contribution in [-0.4, -0.2) is 46.3 Å². The molecule has 2 N–H and O–H groups in total. The maximum atomic E-state index is 12.8. The van der Waals surface area contributed by atoms with E-state index < -0.39 is 38.0 Å². The first-order valence-electron chi connectivity index (χ1n) is 9.71. The Morgan fingerprint density at radius 3 is 2.35 bits per heavy atom. The Morgan fingerprint density at radius 2 is 1.77 bits per heavy atom. The van der Waals surface area contributed by atoms with Gasteiger partial charge >= 0.3 is 5.97 Å². The van der Waals surface area contributed by atoms with E-state index in [1.54, 1.807) is 26.0 Å². The molecule has 1 aliphatic rings. The number of hydrogen-bond acceptors (Lipinski definition) is 6. The summed E-state index contributed by atoms with van der Waals surface area (Å²) in [6, 6.07) is 8.87. The highest BCUT2D eigenvalue weighted by atomic mass is 32.2. The van der Waals surface area contributed by atoms with Crippen LogP contribution in [0.1, 0.15) is 20.3 Å². The van der Waals surface area contributed by atoms with Crippen molar-refractivity contribution in [2.45, 2.75) is 31.2 Å². The molecule has 0 spiro atoms. The number of carbonyl (C=O) groups is 1. The lowest BCUT2D eigenvalue weighted by molar-refractivity contribution is -0.140. The minimum Gasteiger partial charge on any atom is -0.480 e. The van der Waals surface area contributed by atoms with Gasteiger partial charge in [-0.05, 0) is 36.6 Å². The van der Waals surface area contributed by atoms with E-state index >= 15 is 0 Å². The summed E-state index contributed by atoms with van der Waals surface area (Å²) in [5.41, 5.74) is 0.604. The molecular weight excluding hydrogens is 460 g/mol. The first-order chi connectivity index (χ1) is 14.5. The maximum Gasteiger partial charge on any atom is 0.322 e. The van der Waals surface area contributed by atoms with E-state index in [1.165, 1.54) is 27.8 Å². The smallest absolute Gasteiger partial charge is 0.322 e. The lowest BCUT2D eigenvalue weighted by atomic mass is 10.1. The zero-order valence-electron chi connectivity index (χ0n) is 16.9. The Kier molecular flexibility index (Phi) is 5.49. The van der Waals surface area contributed by atoms with Crippen LogP contribution in [0.5, 0.6) is 0 Å². The van der Waals surface area contributed by atoms with E-state index in [1.807, 2.05) is 12.1 Å². The van der Waals surface area contributed by atoms with Crippen LogP contribution in [-0.2, 0) is 24.8 Å². The van der Waals surface area contributed by atoms with Gasteiger partial charge in [-0.1, -0.05) is 26.0 Å². The third-order valence-corrected chi connectivity index (χ3v) is 9.76. The molecule has 1 aromatic heterocycles. The van der Waals surface area contributed by atoms with Crippen LogP contribution in [0.15, 0.2) is 41.3 Å². The van der Waals surface area contributed by atoms with Crippen LogP contribution in [0, 0.1) is 5.92 Å². The molecule has 8 nitrogen and oxygen atoms in total. The molecular formula is C20H22N2O6S3. The second-order valence-corrected chi connectivity index (χ2v) is 12.7. The van der Waals surface area contributed by atoms with Gasteiger partial charge in [0.1, 0.15) is 6.04 Å². The van der Waals surface area contributed by atoms with Crippen molar-refractivity contribution >= 4 is 63.2 Å². The Morgan fingerprint density at radius 1 is 1.13 bits per heavy atom. The zero-order chi connectivity index (χ0) is 22.6. The number of aliphatic carboxylic acids is 1. The number of rotatable bonds is 6. The van der Waals surface area contributed by atoms with Crippen molar-refractivity contribution in [2.75, 3.05) is 16.6 Å². The first kappa shape index (κ1) is 22.0. The predicted molar refractivity (Wildman–Crippen MR) is 122 cm³/mol. The number of fused-ring (bicyclic) bond motifs is 3. The molecule has 2 heterocycles. The summed E-state index contributed by atoms with van der Waals surface area (Å²) in [4.78, 5) is 11.4. The van der Waals surface area contributed by atoms with Crippen molar-refractivity contribution in [2.24, 2.45) is 5.92 Å². The first-order valence-corrected chi connectivity index (χ1v) is 13.6. The average Bonchev–Trinajstić information content (AvgIpc) is 3.23. The van der Waals surface area contributed by atoms with Gasteiger partial charge in [0.05, 0.1) is 16.3 Å². The Labute approximate surface area is 184 Å². The van der Waals surface area contributed by atoms with Crippen LogP contribution in [0.3, 0.4) is 0 Å². The standard InChI is InChI=1S/C20H22N2O6S3/c1-12(2)19(20(23)24)21-31(27,28)14-5-7-16-15-6-4-13(10-17(15)29-18(16)11-14)22-8-3-9-30(22,25)26/h4-7,10-12,19,21H,3,8-9H2,1-2H3,(H,23,24)/t19-/m0/s1. The van der Waals surface area contributed by atoms with E-state index in [9.17, 15) is 26.7 Å². The average molecular weight is 483 g/mol. The maximum absolute atomic E-state index is 12.8. The normalized spacial score (nSPS) is 17.6. The van der Waals surface area contributed by atoms with Gasteiger partial charge < -0.3 is 5.11 Å². The molecule has 0 bridgehead atoms. The summed E-state index contributed by atoms with van der Waals surface area (Å²) >= 11 is 1.37. The summed E-state index contributed by atoms with van der Waals surface area (Å²) in [6.07, 6.45) is 0.592. The lowest BCUT2D eigenvalue weighted by Crippen LogP contribution is -2.44. The highest BCUT2D eigenvalue weighted by Gasteiger charge is 2.30. The van der Waals surface area contributed by atoms with Gasteiger partial charge in [0.15, 0.2) is 0 Å². The SMILES string of the molecule is CC(C)[C@H](NS(=O)(=O)c1ccc2c(c1)sc1cc(N3CCCS3(=O)=O)ccc12)C(=O)O. The van der Waals surface area contributed by atoms with Gasteiger partial charge in [-0.25, -0.2) is 16.8 Å². The summed E-state index contributed by atoms with van der Waals surface area (Å²) in [6.45, 7) is 3.72. The number of nitrogens with zero attached hydrogens (tertiary/aromatic N) is 1. The monoisotopic (exact) mass is 482 g/mol. The highest BCUT2D eigenvalue weighted by molar-refractivity contribution is 7.93. The third-order valence-electron chi connectivity index (χ3n) is 5.34. The van der Waals surface area contributed by atoms with Gasteiger partial charge in [0.2, 0.25) is 20.0 Å². The van der Waals surface area contributed by atoms with E-state index in [0.29, 0.717) is 18.7 Å². The predicted octanol–water partition coefficient (Wildman–Crippen LogP) is 2.98. The summed E-state index contributed by atoms with van der Waals surface area (Å²) in [7, 11) is -7.32. The molecule has 3 aromatic rings. The number of carboxylic acids is 1. The fourth-order valence-corrected chi connectivity index (χ4v) is 7.88. The highest BCUT2D eigenvalue weighted by Crippen LogP contribution is 2.38. The van der Waals surface area contributed by atoms with Crippen molar-refractivity contribution in [1.82, 2.24) is 4.72 Å². The molecule has 1 aliphatic heterocycles. The molecule has 2 aromatic carbocycles. The molecule has 166 valence electrons. The molecule has 31 heavy (non-hydrogen) atoms. The number of hydrogen-bond donors (Lipinski definition) is 2. The molecule has 0 amide bonds. The van der Waals surface area contributed by atoms with Crippen molar-refractivity contribution < 1.29 is 26.7 Å². The Bertz CT molecular complexity index is 1390. The molecule has 4 rings (SSSR count). The van der Waals surface area contributed by atoms with Crippen LogP contribution in [0.4, 0.5) is 5.69 Å². The van der Waals surface area contributed by atoms with Crippen molar-refractivity contribution in [1.29, 1.82) is 0 Å². The second kappa shape index (κ2) is 7.73. The molecule has 1 saturated heterocycles. The number of nitrogens with one attached hydrogen (secondary N) is 1. The quantitative estimate of drug-likeness (QED) is 0.557. The lowest BCUT2D eigenvalue weighted by Gasteiger charge is -2.18. The minimum absolute atomic E-state index is 0.0131. The molecule has 0 radical (unpaired) electrons. The van der Waals surface area contributed by atoms with Crippen molar-refractivity contribution in [3.05, 3.63) is 36.4 Å². The molecule has 1 fully saturated rings. The van der Waals surface area contributed by atoms with Crippen molar-refractivity contribution in [3.63, 3.8) is 0 Å². The van der Waals surface area contributed by atoms with Gasteiger partial charge in [-0.15, -0.1) is 11.3 Å². The fraction of sp³-hybridized carbons (Fsp3) is 0.350. The van der Waals surface area contributed by atoms with Gasteiger partial charge in [0.25, 0.3) is 0 Å². The van der Waals surface area contributed by atoms with Crippen LogP contribution >= 0.6 is 11.3 Å². The molecule has 0 saturated carbocycles. The molecule has 0 unspecified atom stereocenters. The van der Waals surface area contributed by atoms with Crippen molar-refractivity contribution in [3.8, 4) is 0 Å². The summed E-state index contributed by atoms with van der Waals surface area (Å²) in [5.74, 6) is -1.51. The Balaban J connectivity index is 1.74. The van der Waals surface area contributed by atoms with Gasteiger partial charge in [-0.2, -0.15) is 4.72 Å². The number of sulfonamides is 2. The van der Waals surface area contributed by atoms with E-state index in [4.69, 9.17) is 0 Å². The number of benzene rings is 2. The van der Waals surface area contributed by atoms with E-state index in [0.717, 1.165) is 20.2 Å². The van der Waals surface area contributed by atoms with Crippen LogP contribution < -0.4 is 9.03 Å². The molecule has 0 aliphatic carbocycles. The van der Waals surface area contributed by atoms with E-state index in [-0.39, 0.29) is 10.6 Å². The zero-order valence-corrected chi connectivity index (χ0v) is 19.4.